The Hall–Kier alpha value is -1.20. The van der Waals surface area contributed by atoms with Crippen LogP contribution in [-0.2, 0) is 13.0 Å². The van der Waals surface area contributed by atoms with Crippen LogP contribution in [0.25, 0.3) is 0 Å². The highest BCUT2D eigenvalue weighted by molar-refractivity contribution is 7.07. The molecule has 0 spiro atoms. The third-order valence-electron chi connectivity index (χ3n) is 1.98. The second-order valence-corrected chi connectivity index (χ2v) is 3.97. The summed E-state index contributed by atoms with van der Waals surface area (Å²) in [7, 11) is 0. The van der Waals surface area contributed by atoms with Gasteiger partial charge in [-0.05, 0) is 28.9 Å². The van der Waals surface area contributed by atoms with Gasteiger partial charge < -0.3 is 9.84 Å². The van der Waals surface area contributed by atoms with Crippen molar-refractivity contribution in [1.29, 1.82) is 0 Å². The topological polar surface area (TPSA) is 51.0 Å². The minimum atomic E-state index is 0.670. The van der Waals surface area contributed by atoms with Crippen molar-refractivity contribution in [1.82, 2.24) is 15.5 Å². The summed E-state index contributed by atoms with van der Waals surface area (Å²) in [5.41, 5.74) is 1.22. The van der Waals surface area contributed by atoms with Crippen LogP contribution < -0.4 is 5.32 Å². The van der Waals surface area contributed by atoms with Crippen molar-refractivity contribution in [3.8, 4) is 0 Å². The summed E-state index contributed by atoms with van der Waals surface area (Å²) >= 11 is 1.68. The summed E-state index contributed by atoms with van der Waals surface area (Å²) in [6.45, 7) is 3.63. The molecule has 2 aromatic rings. The second kappa shape index (κ2) is 5.04. The smallest absolute Gasteiger partial charge is 0.231 e. The Labute approximate surface area is 92.3 Å². The van der Waals surface area contributed by atoms with Crippen molar-refractivity contribution < 1.29 is 4.52 Å². The van der Waals surface area contributed by atoms with Gasteiger partial charge in [-0.3, -0.25) is 0 Å². The standard InChI is InChI=1S/C10H13N3OS/c1-2-11-6-9-12-10(14-13-9)5-8-3-4-15-7-8/h3-4,7,11H,2,5-6H2,1H3. The normalized spacial score (nSPS) is 10.7. The molecule has 0 atom stereocenters. The molecule has 0 aliphatic rings. The monoisotopic (exact) mass is 223 g/mol. The molecule has 0 saturated heterocycles. The number of hydrogen-bond donors (Lipinski definition) is 1. The molecular formula is C10H13N3OS. The summed E-state index contributed by atoms with van der Waals surface area (Å²) in [4.78, 5) is 4.29. The predicted octanol–water partition coefficient (Wildman–Crippen LogP) is 1.83. The van der Waals surface area contributed by atoms with Gasteiger partial charge in [0.25, 0.3) is 0 Å². The maximum atomic E-state index is 5.14. The van der Waals surface area contributed by atoms with Crippen LogP contribution in [0.5, 0.6) is 0 Å². The van der Waals surface area contributed by atoms with E-state index in [2.05, 4.69) is 26.9 Å². The molecule has 2 aromatic heterocycles. The summed E-state index contributed by atoms with van der Waals surface area (Å²) in [6.07, 6.45) is 0.725. The molecule has 0 aliphatic heterocycles. The zero-order chi connectivity index (χ0) is 10.5. The molecular weight excluding hydrogens is 210 g/mol. The van der Waals surface area contributed by atoms with Gasteiger partial charge in [-0.1, -0.05) is 12.1 Å². The predicted molar refractivity (Wildman–Crippen MR) is 58.8 cm³/mol. The fourth-order valence-corrected chi connectivity index (χ4v) is 1.91. The minimum absolute atomic E-state index is 0.670. The van der Waals surface area contributed by atoms with Gasteiger partial charge >= 0.3 is 0 Å². The van der Waals surface area contributed by atoms with Crippen molar-refractivity contribution in [3.63, 3.8) is 0 Å². The van der Waals surface area contributed by atoms with Gasteiger partial charge in [0.05, 0.1) is 13.0 Å². The van der Waals surface area contributed by atoms with E-state index in [-0.39, 0.29) is 0 Å². The van der Waals surface area contributed by atoms with E-state index in [0.717, 1.165) is 18.8 Å². The molecule has 0 bridgehead atoms. The Morgan fingerprint density at radius 2 is 2.47 bits per heavy atom. The van der Waals surface area contributed by atoms with Crippen LogP contribution in [0.4, 0.5) is 0 Å². The van der Waals surface area contributed by atoms with Crippen LogP contribution in [0.2, 0.25) is 0 Å². The largest absolute Gasteiger partial charge is 0.339 e. The van der Waals surface area contributed by atoms with Gasteiger partial charge in [0.15, 0.2) is 5.82 Å². The molecule has 0 aliphatic carbocycles. The first-order valence-corrected chi connectivity index (χ1v) is 5.86. The number of nitrogens with zero attached hydrogens (tertiary/aromatic N) is 2. The first-order valence-electron chi connectivity index (χ1n) is 4.91. The van der Waals surface area contributed by atoms with Crippen molar-refractivity contribution in [3.05, 3.63) is 34.1 Å². The Morgan fingerprint density at radius 3 is 3.20 bits per heavy atom. The molecule has 2 rings (SSSR count). The van der Waals surface area contributed by atoms with Crippen LogP contribution in [0, 0.1) is 0 Å². The zero-order valence-corrected chi connectivity index (χ0v) is 9.38. The van der Waals surface area contributed by atoms with Gasteiger partial charge in [-0.2, -0.15) is 16.3 Å². The highest BCUT2D eigenvalue weighted by Gasteiger charge is 2.06. The fourth-order valence-electron chi connectivity index (χ4n) is 1.24. The molecule has 5 heteroatoms. The molecule has 0 unspecified atom stereocenters. The summed E-state index contributed by atoms with van der Waals surface area (Å²) in [5.74, 6) is 1.41. The molecule has 80 valence electrons. The molecule has 0 aromatic carbocycles. The van der Waals surface area contributed by atoms with E-state index in [0.29, 0.717) is 12.4 Å². The highest BCUT2D eigenvalue weighted by Crippen LogP contribution is 2.11. The van der Waals surface area contributed by atoms with Crippen LogP contribution in [0.15, 0.2) is 21.3 Å². The van der Waals surface area contributed by atoms with Crippen molar-refractivity contribution >= 4 is 11.3 Å². The van der Waals surface area contributed by atoms with Crippen LogP contribution >= 0.6 is 11.3 Å². The van der Waals surface area contributed by atoms with Crippen LogP contribution in [0.1, 0.15) is 24.2 Å². The molecule has 0 fully saturated rings. The average molecular weight is 223 g/mol. The first-order chi connectivity index (χ1) is 7.38. The van der Waals surface area contributed by atoms with E-state index in [9.17, 15) is 0 Å². The number of aromatic nitrogens is 2. The quantitative estimate of drug-likeness (QED) is 0.840. The number of rotatable bonds is 5. The first kappa shape index (κ1) is 10.3. The van der Waals surface area contributed by atoms with Gasteiger partial charge in [0, 0.05) is 0 Å². The molecule has 1 N–H and O–H groups in total. The molecule has 0 amide bonds. The van der Waals surface area contributed by atoms with Gasteiger partial charge in [0.1, 0.15) is 0 Å². The van der Waals surface area contributed by atoms with Crippen molar-refractivity contribution in [2.75, 3.05) is 6.54 Å². The molecule has 15 heavy (non-hydrogen) atoms. The third-order valence-corrected chi connectivity index (χ3v) is 2.71. The minimum Gasteiger partial charge on any atom is -0.339 e. The molecule has 0 saturated carbocycles. The fraction of sp³-hybridized carbons (Fsp3) is 0.400. The second-order valence-electron chi connectivity index (χ2n) is 3.19. The van der Waals surface area contributed by atoms with Crippen molar-refractivity contribution in [2.45, 2.75) is 19.9 Å². The zero-order valence-electron chi connectivity index (χ0n) is 8.56. The number of nitrogens with one attached hydrogen (secondary N) is 1. The lowest BCUT2D eigenvalue weighted by molar-refractivity contribution is 0.378. The third kappa shape index (κ3) is 2.87. The van der Waals surface area contributed by atoms with Gasteiger partial charge in [0.2, 0.25) is 5.89 Å². The Bertz CT molecular complexity index is 396. The Balaban J connectivity index is 1.95. The van der Waals surface area contributed by atoms with E-state index in [4.69, 9.17) is 4.52 Å². The van der Waals surface area contributed by atoms with E-state index >= 15 is 0 Å². The van der Waals surface area contributed by atoms with Gasteiger partial charge in [-0.15, -0.1) is 0 Å². The van der Waals surface area contributed by atoms with E-state index < -0.39 is 0 Å². The SMILES string of the molecule is CCNCc1noc(Cc2ccsc2)n1. The van der Waals surface area contributed by atoms with Crippen LogP contribution in [-0.4, -0.2) is 16.7 Å². The van der Waals surface area contributed by atoms with E-state index in [1.807, 2.05) is 12.3 Å². The molecule has 4 nitrogen and oxygen atoms in total. The van der Waals surface area contributed by atoms with E-state index in [1.54, 1.807) is 11.3 Å². The lowest BCUT2D eigenvalue weighted by Gasteiger charge is -1.92. The average Bonchev–Trinajstić information content (AvgIpc) is 2.87. The van der Waals surface area contributed by atoms with Crippen molar-refractivity contribution in [2.24, 2.45) is 0 Å². The highest BCUT2D eigenvalue weighted by atomic mass is 32.1. The maximum Gasteiger partial charge on any atom is 0.231 e. The lowest BCUT2D eigenvalue weighted by Crippen LogP contribution is -2.12. The Kier molecular flexibility index (Phi) is 3.47. The lowest BCUT2D eigenvalue weighted by atomic mass is 10.2. The Morgan fingerprint density at radius 1 is 1.53 bits per heavy atom. The molecule has 0 radical (unpaired) electrons. The summed E-state index contributed by atoms with van der Waals surface area (Å²) < 4.78 is 5.14. The maximum absolute atomic E-state index is 5.14. The molecule has 2 heterocycles. The summed E-state index contributed by atoms with van der Waals surface area (Å²) in [6, 6.07) is 2.07. The number of thiophene rings is 1. The number of hydrogen-bond acceptors (Lipinski definition) is 5. The van der Waals surface area contributed by atoms with E-state index in [1.165, 1.54) is 5.56 Å². The summed E-state index contributed by atoms with van der Waals surface area (Å²) in [5, 5.41) is 11.2. The van der Waals surface area contributed by atoms with Crippen LogP contribution in [0.3, 0.4) is 0 Å². The van der Waals surface area contributed by atoms with Gasteiger partial charge in [-0.25, -0.2) is 0 Å².